The fourth-order valence-corrected chi connectivity index (χ4v) is 3.50. The molecule has 1 aliphatic rings. The van der Waals surface area contributed by atoms with Crippen molar-refractivity contribution in [3.8, 4) is 0 Å². The van der Waals surface area contributed by atoms with Crippen LogP contribution < -0.4 is 0 Å². The molecule has 1 unspecified atom stereocenters. The van der Waals surface area contributed by atoms with Gasteiger partial charge in [-0.15, -0.1) is 0 Å². The van der Waals surface area contributed by atoms with Crippen LogP contribution in [0.4, 0.5) is 0 Å². The van der Waals surface area contributed by atoms with Crippen LogP contribution in [0.1, 0.15) is 68.2 Å². The van der Waals surface area contributed by atoms with Crippen molar-refractivity contribution in [2.24, 2.45) is 5.92 Å². The number of amides is 1. The smallest absolute Gasteiger partial charge is 0.310 e. The SMILES string of the molecule is COC(=O)C(C)CN(Cc1ccccc1)C(=O)c1cc(C2CC2)n(C(C)(C)C)n1. The number of carbonyl (C=O) groups is 2. The molecule has 6 heteroatoms. The fourth-order valence-electron chi connectivity index (χ4n) is 3.50. The average molecular weight is 398 g/mol. The van der Waals surface area contributed by atoms with Crippen molar-refractivity contribution in [1.29, 1.82) is 0 Å². The Morgan fingerprint density at radius 2 is 1.90 bits per heavy atom. The zero-order valence-corrected chi connectivity index (χ0v) is 18.0. The third kappa shape index (κ3) is 5.05. The highest BCUT2D eigenvalue weighted by atomic mass is 16.5. The lowest BCUT2D eigenvalue weighted by molar-refractivity contribution is -0.145. The normalized spacial score (nSPS) is 15.1. The van der Waals surface area contributed by atoms with Gasteiger partial charge in [-0.3, -0.25) is 14.3 Å². The zero-order chi connectivity index (χ0) is 21.2. The monoisotopic (exact) mass is 397 g/mol. The van der Waals surface area contributed by atoms with E-state index in [-0.39, 0.29) is 24.0 Å². The number of esters is 1. The first kappa shape index (κ1) is 21.1. The van der Waals surface area contributed by atoms with Crippen LogP contribution in [0, 0.1) is 5.92 Å². The minimum atomic E-state index is -0.416. The largest absolute Gasteiger partial charge is 0.469 e. The van der Waals surface area contributed by atoms with Crippen LogP contribution in [0.2, 0.25) is 0 Å². The number of aromatic nitrogens is 2. The third-order valence-corrected chi connectivity index (χ3v) is 5.19. The molecular weight excluding hydrogens is 366 g/mol. The summed E-state index contributed by atoms with van der Waals surface area (Å²) in [4.78, 5) is 27.1. The van der Waals surface area contributed by atoms with E-state index in [2.05, 4.69) is 25.9 Å². The first-order chi connectivity index (χ1) is 13.7. The van der Waals surface area contributed by atoms with Crippen LogP contribution in [-0.4, -0.2) is 40.2 Å². The summed E-state index contributed by atoms with van der Waals surface area (Å²) in [5.41, 5.74) is 2.38. The summed E-state index contributed by atoms with van der Waals surface area (Å²) < 4.78 is 6.85. The standard InChI is InChI=1S/C23H31N3O3/c1-16(22(28)29-5)14-25(15-17-9-7-6-8-10-17)21(27)19-13-20(18-11-12-18)26(24-19)23(2,3)4/h6-10,13,16,18H,11-12,14-15H2,1-5H3. The van der Waals surface area contributed by atoms with Crippen molar-refractivity contribution in [2.75, 3.05) is 13.7 Å². The molecule has 0 radical (unpaired) electrons. The van der Waals surface area contributed by atoms with Gasteiger partial charge in [0.2, 0.25) is 0 Å². The number of rotatable bonds is 7. The summed E-state index contributed by atoms with van der Waals surface area (Å²) >= 11 is 0. The highest BCUT2D eigenvalue weighted by molar-refractivity contribution is 5.92. The van der Waals surface area contributed by atoms with Gasteiger partial charge in [0.1, 0.15) is 0 Å². The van der Waals surface area contributed by atoms with Crippen molar-refractivity contribution in [1.82, 2.24) is 14.7 Å². The van der Waals surface area contributed by atoms with E-state index >= 15 is 0 Å². The third-order valence-electron chi connectivity index (χ3n) is 5.19. The van der Waals surface area contributed by atoms with Crippen LogP contribution >= 0.6 is 0 Å². The van der Waals surface area contributed by atoms with Gasteiger partial charge >= 0.3 is 5.97 Å². The highest BCUT2D eigenvalue weighted by Crippen LogP contribution is 2.41. The van der Waals surface area contributed by atoms with E-state index in [0.29, 0.717) is 18.2 Å². The second-order valence-corrected chi connectivity index (χ2v) is 8.91. The summed E-state index contributed by atoms with van der Waals surface area (Å²) in [5.74, 6) is -0.413. The van der Waals surface area contributed by atoms with Gasteiger partial charge < -0.3 is 9.64 Å². The van der Waals surface area contributed by atoms with Gasteiger partial charge in [0.15, 0.2) is 5.69 Å². The molecule has 3 rings (SSSR count). The molecule has 1 aromatic carbocycles. The zero-order valence-electron chi connectivity index (χ0n) is 18.0. The lowest BCUT2D eigenvalue weighted by Crippen LogP contribution is -2.37. The van der Waals surface area contributed by atoms with Crippen LogP contribution in [0.3, 0.4) is 0 Å². The summed E-state index contributed by atoms with van der Waals surface area (Å²) in [6.45, 7) is 8.77. The number of benzene rings is 1. The lowest BCUT2D eigenvalue weighted by atomic mass is 10.1. The van der Waals surface area contributed by atoms with E-state index in [0.717, 1.165) is 24.1 Å². The molecule has 1 fully saturated rings. The summed E-state index contributed by atoms with van der Waals surface area (Å²) in [5, 5.41) is 4.69. The molecule has 1 atom stereocenters. The molecule has 29 heavy (non-hydrogen) atoms. The Kier molecular flexibility index (Phi) is 6.10. The van der Waals surface area contributed by atoms with Gasteiger partial charge in [0.25, 0.3) is 5.91 Å². The molecule has 1 saturated carbocycles. The van der Waals surface area contributed by atoms with E-state index in [1.807, 2.05) is 41.1 Å². The second kappa shape index (κ2) is 8.39. The number of hydrogen-bond acceptors (Lipinski definition) is 4. The Hall–Kier alpha value is -2.63. The first-order valence-corrected chi connectivity index (χ1v) is 10.2. The van der Waals surface area contributed by atoms with Gasteiger partial charge in [0.05, 0.1) is 18.6 Å². The minimum absolute atomic E-state index is 0.158. The summed E-state index contributed by atoms with van der Waals surface area (Å²) in [6.07, 6.45) is 2.28. The number of methoxy groups -OCH3 is 1. The topological polar surface area (TPSA) is 64.4 Å². The minimum Gasteiger partial charge on any atom is -0.469 e. The van der Waals surface area contributed by atoms with E-state index in [9.17, 15) is 9.59 Å². The number of carbonyl (C=O) groups excluding carboxylic acids is 2. The maximum atomic E-state index is 13.4. The summed E-state index contributed by atoms with van der Waals surface area (Å²) in [7, 11) is 1.37. The van der Waals surface area contributed by atoms with E-state index in [1.54, 1.807) is 11.8 Å². The Morgan fingerprint density at radius 1 is 1.24 bits per heavy atom. The Labute approximate surface area is 172 Å². The lowest BCUT2D eigenvalue weighted by Gasteiger charge is -2.25. The number of hydrogen-bond donors (Lipinski definition) is 0. The molecule has 0 saturated heterocycles. The summed E-state index contributed by atoms with van der Waals surface area (Å²) in [6, 6.07) is 11.7. The quantitative estimate of drug-likeness (QED) is 0.663. The van der Waals surface area contributed by atoms with Gasteiger partial charge in [0, 0.05) is 24.7 Å². The van der Waals surface area contributed by atoms with Crippen molar-refractivity contribution in [2.45, 2.75) is 58.5 Å². The molecule has 1 aliphatic carbocycles. The highest BCUT2D eigenvalue weighted by Gasteiger charge is 2.34. The predicted molar refractivity (Wildman–Crippen MR) is 112 cm³/mol. The number of nitrogens with zero attached hydrogens (tertiary/aromatic N) is 3. The molecule has 2 aromatic rings. The first-order valence-electron chi connectivity index (χ1n) is 10.2. The second-order valence-electron chi connectivity index (χ2n) is 8.91. The van der Waals surface area contributed by atoms with Crippen LogP contribution in [-0.2, 0) is 21.6 Å². The molecule has 1 aromatic heterocycles. The Balaban J connectivity index is 1.90. The molecular formula is C23H31N3O3. The van der Waals surface area contributed by atoms with Crippen LogP contribution in [0.5, 0.6) is 0 Å². The van der Waals surface area contributed by atoms with E-state index in [1.165, 1.54) is 7.11 Å². The van der Waals surface area contributed by atoms with Crippen molar-refractivity contribution in [3.63, 3.8) is 0 Å². The maximum absolute atomic E-state index is 13.4. The molecule has 0 N–H and O–H groups in total. The van der Waals surface area contributed by atoms with Crippen molar-refractivity contribution in [3.05, 3.63) is 53.3 Å². The van der Waals surface area contributed by atoms with Crippen molar-refractivity contribution < 1.29 is 14.3 Å². The van der Waals surface area contributed by atoms with E-state index in [4.69, 9.17) is 4.74 Å². The average Bonchev–Trinajstić information content (AvgIpc) is 3.43. The molecule has 0 bridgehead atoms. The van der Waals surface area contributed by atoms with Gasteiger partial charge in [-0.1, -0.05) is 37.3 Å². The molecule has 1 amide bonds. The molecule has 156 valence electrons. The molecule has 0 spiro atoms. The predicted octanol–water partition coefficient (Wildman–Crippen LogP) is 3.97. The van der Waals surface area contributed by atoms with Crippen molar-refractivity contribution >= 4 is 11.9 Å². The molecule has 6 nitrogen and oxygen atoms in total. The van der Waals surface area contributed by atoms with Gasteiger partial charge in [-0.2, -0.15) is 5.10 Å². The Morgan fingerprint density at radius 3 is 2.45 bits per heavy atom. The van der Waals surface area contributed by atoms with E-state index < -0.39 is 5.92 Å². The van der Waals surface area contributed by atoms with Crippen LogP contribution in [0.15, 0.2) is 36.4 Å². The molecule has 1 heterocycles. The van der Waals surface area contributed by atoms with Gasteiger partial charge in [-0.05, 0) is 45.2 Å². The molecule has 0 aliphatic heterocycles. The van der Waals surface area contributed by atoms with Gasteiger partial charge in [-0.25, -0.2) is 0 Å². The Bertz CT molecular complexity index is 863. The van der Waals surface area contributed by atoms with Crippen LogP contribution in [0.25, 0.3) is 0 Å². The number of ether oxygens (including phenoxy) is 1. The fraction of sp³-hybridized carbons (Fsp3) is 0.522. The maximum Gasteiger partial charge on any atom is 0.310 e.